The summed E-state index contributed by atoms with van der Waals surface area (Å²) in [6, 6.07) is 14.5. The Morgan fingerprint density at radius 3 is 2.27 bits per heavy atom. The van der Waals surface area contributed by atoms with E-state index in [0.29, 0.717) is 5.02 Å². The van der Waals surface area contributed by atoms with Crippen LogP contribution in [0.2, 0.25) is 5.02 Å². The summed E-state index contributed by atoms with van der Waals surface area (Å²) in [7, 11) is 0. The first-order chi connectivity index (χ1) is 10.7. The molecule has 0 aliphatic heterocycles. The minimum atomic E-state index is 0.637. The number of benzene rings is 1. The summed E-state index contributed by atoms with van der Waals surface area (Å²) in [5, 5.41) is 0.637. The van der Waals surface area contributed by atoms with Crippen molar-refractivity contribution in [3.63, 3.8) is 0 Å². The zero-order valence-corrected chi connectivity index (χ0v) is 13.4. The highest BCUT2D eigenvalue weighted by atomic mass is 35.5. The Labute approximate surface area is 135 Å². The van der Waals surface area contributed by atoms with E-state index in [2.05, 4.69) is 41.2 Å². The number of hydrogen-bond donors (Lipinski definition) is 0. The molecule has 0 radical (unpaired) electrons. The van der Waals surface area contributed by atoms with E-state index in [4.69, 9.17) is 11.6 Å². The topological polar surface area (TPSA) is 25.8 Å². The van der Waals surface area contributed by atoms with Gasteiger partial charge in [0, 0.05) is 29.2 Å². The van der Waals surface area contributed by atoms with Gasteiger partial charge in [-0.25, -0.2) is 0 Å². The molecule has 0 amide bonds. The maximum Gasteiger partial charge on any atom is 0.0796 e. The normalized spacial score (nSPS) is 10.7. The first kappa shape index (κ1) is 14.7. The van der Waals surface area contributed by atoms with Crippen molar-refractivity contribution in [1.82, 2.24) is 9.97 Å². The molecule has 0 atom stereocenters. The number of rotatable bonds is 3. The molecule has 110 valence electrons. The number of hydrogen-bond acceptors (Lipinski definition) is 2. The van der Waals surface area contributed by atoms with Gasteiger partial charge >= 0.3 is 0 Å². The second kappa shape index (κ2) is 6.29. The van der Waals surface area contributed by atoms with Crippen molar-refractivity contribution < 1.29 is 0 Å². The minimum absolute atomic E-state index is 0.637. The fourth-order valence-electron chi connectivity index (χ4n) is 2.42. The Bertz CT molecular complexity index is 778. The van der Waals surface area contributed by atoms with Crippen molar-refractivity contribution in [1.29, 1.82) is 0 Å². The maximum atomic E-state index is 6.16. The van der Waals surface area contributed by atoms with E-state index in [1.165, 1.54) is 5.56 Å². The summed E-state index contributed by atoms with van der Waals surface area (Å²) >= 11 is 6.16. The monoisotopic (exact) mass is 308 g/mol. The van der Waals surface area contributed by atoms with E-state index >= 15 is 0 Å². The molecule has 0 saturated heterocycles. The van der Waals surface area contributed by atoms with Crippen LogP contribution in [0.15, 0.2) is 54.9 Å². The molecule has 3 aromatic rings. The predicted octanol–water partition coefficient (Wildman–Crippen LogP) is 5.33. The molecule has 0 saturated carbocycles. The Morgan fingerprint density at radius 2 is 1.64 bits per heavy atom. The minimum Gasteiger partial charge on any atom is -0.261 e. The number of aryl methyl sites for hydroxylation is 2. The van der Waals surface area contributed by atoms with Crippen LogP contribution in [0.4, 0.5) is 0 Å². The van der Waals surface area contributed by atoms with Crippen molar-refractivity contribution in [2.45, 2.75) is 20.3 Å². The number of pyridine rings is 2. The zero-order valence-electron chi connectivity index (χ0n) is 12.7. The summed E-state index contributed by atoms with van der Waals surface area (Å²) in [6.07, 6.45) is 4.57. The molecule has 0 unspecified atom stereocenters. The quantitative estimate of drug-likeness (QED) is 0.653. The largest absolute Gasteiger partial charge is 0.261 e. The molecule has 1 aromatic carbocycles. The molecule has 0 aliphatic carbocycles. The van der Waals surface area contributed by atoms with Crippen LogP contribution in [0.5, 0.6) is 0 Å². The summed E-state index contributed by atoms with van der Waals surface area (Å²) < 4.78 is 0. The second-order valence-electron chi connectivity index (χ2n) is 5.29. The third kappa shape index (κ3) is 3.02. The lowest BCUT2D eigenvalue weighted by molar-refractivity contribution is 1.14. The molecule has 2 heterocycles. The fraction of sp³-hybridized carbons (Fsp3) is 0.158. The van der Waals surface area contributed by atoms with Crippen molar-refractivity contribution in [3.05, 3.63) is 71.1 Å². The van der Waals surface area contributed by atoms with Gasteiger partial charge in [0.2, 0.25) is 0 Å². The molecule has 0 spiro atoms. The van der Waals surface area contributed by atoms with Gasteiger partial charge in [-0.15, -0.1) is 0 Å². The van der Waals surface area contributed by atoms with Crippen LogP contribution in [0.3, 0.4) is 0 Å². The van der Waals surface area contributed by atoms with Crippen LogP contribution in [0.1, 0.15) is 18.2 Å². The fourth-order valence-corrected chi connectivity index (χ4v) is 2.58. The summed E-state index contributed by atoms with van der Waals surface area (Å²) in [5.41, 5.74) is 6.35. The van der Waals surface area contributed by atoms with E-state index in [1.807, 2.05) is 31.3 Å². The lowest BCUT2D eigenvalue weighted by Crippen LogP contribution is -1.91. The van der Waals surface area contributed by atoms with Crippen molar-refractivity contribution in [3.8, 4) is 22.4 Å². The van der Waals surface area contributed by atoms with Gasteiger partial charge in [0.1, 0.15) is 0 Å². The van der Waals surface area contributed by atoms with Crippen molar-refractivity contribution >= 4 is 11.6 Å². The molecule has 0 N–H and O–H groups in total. The summed E-state index contributed by atoms with van der Waals surface area (Å²) in [4.78, 5) is 8.89. The number of nitrogens with zero attached hydrogens (tertiary/aromatic N) is 2. The first-order valence-electron chi connectivity index (χ1n) is 7.35. The van der Waals surface area contributed by atoms with Crippen LogP contribution < -0.4 is 0 Å². The average molecular weight is 309 g/mol. The van der Waals surface area contributed by atoms with Gasteiger partial charge in [-0.05, 0) is 42.7 Å². The van der Waals surface area contributed by atoms with E-state index in [-0.39, 0.29) is 0 Å². The lowest BCUT2D eigenvalue weighted by Gasteiger charge is -2.10. The van der Waals surface area contributed by atoms with Crippen molar-refractivity contribution in [2.75, 3.05) is 0 Å². The van der Waals surface area contributed by atoms with Crippen molar-refractivity contribution in [2.24, 2.45) is 0 Å². The highest BCUT2D eigenvalue weighted by Gasteiger charge is 2.10. The SMILES string of the molecule is CCc1ccc(-c2cc(Cl)cnc2-c2ccc(C)nc2)cc1. The van der Waals surface area contributed by atoms with E-state index in [0.717, 1.165) is 34.5 Å². The van der Waals surface area contributed by atoms with Gasteiger partial charge in [-0.1, -0.05) is 42.8 Å². The van der Waals surface area contributed by atoms with Crippen LogP contribution >= 0.6 is 11.6 Å². The zero-order chi connectivity index (χ0) is 15.5. The van der Waals surface area contributed by atoms with Gasteiger partial charge < -0.3 is 0 Å². The molecule has 0 bridgehead atoms. The second-order valence-corrected chi connectivity index (χ2v) is 5.72. The summed E-state index contributed by atoms with van der Waals surface area (Å²) in [5.74, 6) is 0. The Hall–Kier alpha value is -2.19. The average Bonchev–Trinajstić information content (AvgIpc) is 2.56. The summed E-state index contributed by atoms with van der Waals surface area (Å²) in [6.45, 7) is 4.13. The molecule has 22 heavy (non-hydrogen) atoms. The Morgan fingerprint density at radius 1 is 0.909 bits per heavy atom. The van der Waals surface area contributed by atoms with Gasteiger partial charge in [-0.2, -0.15) is 0 Å². The molecular weight excluding hydrogens is 292 g/mol. The predicted molar refractivity (Wildman–Crippen MR) is 92.0 cm³/mol. The molecule has 3 heteroatoms. The first-order valence-corrected chi connectivity index (χ1v) is 7.73. The Kier molecular flexibility index (Phi) is 4.21. The third-order valence-electron chi connectivity index (χ3n) is 3.71. The smallest absolute Gasteiger partial charge is 0.0796 e. The van der Waals surface area contributed by atoms with Crippen LogP contribution in [0, 0.1) is 6.92 Å². The lowest BCUT2D eigenvalue weighted by atomic mass is 9.99. The molecule has 0 fully saturated rings. The highest BCUT2D eigenvalue weighted by Crippen LogP contribution is 2.32. The molecule has 2 aromatic heterocycles. The van der Waals surface area contributed by atoms with Gasteiger partial charge in [0.15, 0.2) is 0 Å². The van der Waals surface area contributed by atoms with Crippen LogP contribution in [-0.4, -0.2) is 9.97 Å². The Balaban J connectivity index is 2.13. The maximum absolute atomic E-state index is 6.16. The van der Waals surface area contributed by atoms with E-state index in [9.17, 15) is 0 Å². The number of halogens is 1. The van der Waals surface area contributed by atoms with Crippen LogP contribution in [-0.2, 0) is 6.42 Å². The highest BCUT2D eigenvalue weighted by molar-refractivity contribution is 6.30. The standard InChI is InChI=1S/C19H17ClN2/c1-3-14-5-8-15(9-6-14)18-10-17(20)12-22-19(18)16-7-4-13(2)21-11-16/h4-12H,3H2,1-2H3. The van der Waals surface area contributed by atoms with E-state index in [1.54, 1.807) is 6.20 Å². The van der Waals surface area contributed by atoms with Gasteiger partial charge in [0.05, 0.1) is 10.7 Å². The van der Waals surface area contributed by atoms with Gasteiger partial charge in [0.25, 0.3) is 0 Å². The number of aromatic nitrogens is 2. The molecule has 0 aliphatic rings. The molecular formula is C19H17ClN2. The van der Waals surface area contributed by atoms with Gasteiger partial charge in [-0.3, -0.25) is 9.97 Å². The van der Waals surface area contributed by atoms with Crippen LogP contribution in [0.25, 0.3) is 22.4 Å². The molecule has 3 rings (SSSR count). The molecule has 2 nitrogen and oxygen atoms in total. The van der Waals surface area contributed by atoms with E-state index < -0.39 is 0 Å². The third-order valence-corrected chi connectivity index (χ3v) is 3.92.